The van der Waals surface area contributed by atoms with Crippen molar-refractivity contribution in [3.63, 3.8) is 0 Å². The molecule has 0 atom stereocenters. The molecule has 162 valence electrons. The van der Waals surface area contributed by atoms with Crippen molar-refractivity contribution in [2.45, 2.75) is 25.5 Å². The van der Waals surface area contributed by atoms with Gasteiger partial charge in [0, 0.05) is 36.5 Å². The summed E-state index contributed by atoms with van der Waals surface area (Å²) in [7, 11) is 0. The van der Waals surface area contributed by atoms with Gasteiger partial charge < -0.3 is 14.8 Å². The lowest BCUT2D eigenvalue weighted by molar-refractivity contribution is 0.0256. The molecule has 2 aromatic heterocycles. The third-order valence-electron chi connectivity index (χ3n) is 5.28. The Bertz CT molecular complexity index is 1140. The molecule has 0 saturated carbocycles. The molecule has 3 heterocycles. The molecule has 1 aliphatic heterocycles. The molecule has 0 spiro atoms. The Morgan fingerprint density at radius 3 is 2.72 bits per heavy atom. The molecule has 0 radical (unpaired) electrons. The number of ether oxygens (including phenoxy) is 2. The van der Waals surface area contributed by atoms with E-state index in [9.17, 15) is 0 Å². The zero-order valence-electron chi connectivity index (χ0n) is 17.6. The van der Waals surface area contributed by atoms with Gasteiger partial charge in [-0.05, 0) is 48.0 Å². The topological polar surface area (TPSA) is 87.0 Å². The molecule has 1 aliphatic rings. The van der Waals surface area contributed by atoms with E-state index in [1.54, 1.807) is 17.1 Å². The normalized spacial score (nSPS) is 14.2. The highest BCUT2D eigenvalue weighted by molar-refractivity contribution is 5.63. The fraction of sp³-hybridized carbons (Fsp3) is 0.250. The predicted molar refractivity (Wildman–Crippen MR) is 121 cm³/mol. The summed E-state index contributed by atoms with van der Waals surface area (Å²) in [6.07, 6.45) is 7.36. The van der Waals surface area contributed by atoms with Crippen molar-refractivity contribution in [2.24, 2.45) is 0 Å². The second-order valence-corrected chi connectivity index (χ2v) is 7.65. The van der Waals surface area contributed by atoms with Gasteiger partial charge in [0.1, 0.15) is 11.9 Å². The van der Waals surface area contributed by atoms with Crippen LogP contribution in [0.25, 0.3) is 11.3 Å². The number of rotatable bonds is 7. The molecule has 5 rings (SSSR count). The van der Waals surface area contributed by atoms with Crippen LogP contribution in [-0.4, -0.2) is 44.3 Å². The summed E-state index contributed by atoms with van der Waals surface area (Å²) in [5.41, 5.74) is 3.88. The average Bonchev–Trinajstić information content (AvgIpc) is 3.34. The first-order valence-electron chi connectivity index (χ1n) is 10.7. The van der Waals surface area contributed by atoms with Crippen molar-refractivity contribution in [2.75, 3.05) is 18.5 Å². The van der Waals surface area contributed by atoms with E-state index >= 15 is 0 Å². The summed E-state index contributed by atoms with van der Waals surface area (Å²) in [6, 6.07) is 18.0. The Morgan fingerprint density at radius 1 is 1.03 bits per heavy atom. The van der Waals surface area contributed by atoms with Crippen LogP contribution in [0.2, 0.25) is 0 Å². The Labute approximate surface area is 186 Å². The highest BCUT2D eigenvalue weighted by atomic mass is 16.5. The van der Waals surface area contributed by atoms with E-state index in [1.165, 1.54) is 0 Å². The minimum Gasteiger partial charge on any atom is -0.490 e. The molecule has 1 N–H and O–H groups in total. The van der Waals surface area contributed by atoms with Crippen LogP contribution in [0.5, 0.6) is 5.75 Å². The molecular weight excluding hydrogens is 404 g/mol. The van der Waals surface area contributed by atoms with Crippen molar-refractivity contribution < 1.29 is 9.47 Å². The van der Waals surface area contributed by atoms with E-state index in [0.29, 0.717) is 12.5 Å². The van der Waals surface area contributed by atoms with Crippen LogP contribution in [0, 0.1) is 0 Å². The van der Waals surface area contributed by atoms with Gasteiger partial charge in [0.05, 0.1) is 31.6 Å². The van der Waals surface area contributed by atoms with Crippen molar-refractivity contribution >= 4 is 11.6 Å². The zero-order chi connectivity index (χ0) is 21.6. The highest BCUT2D eigenvalue weighted by Crippen LogP contribution is 2.24. The maximum Gasteiger partial charge on any atom is 0.227 e. The van der Waals surface area contributed by atoms with Crippen molar-refractivity contribution in [1.29, 1.82) is 0 Å². The summed E-state index contributed by atoms with van der Waals surface area (Å²) in [6.45, 7) is 2.18. The monoisotopic (exact) mass is 428 g/mol. The minimum atomic E-state index is 0.227. The fourth-order valence-corrected chi connectivity index (χ4v) is 3.65. The van der Waals surface area contributed by atoms with E-state index in [2.05, 4.69) is 31.7 Å². The summed E-state index contributed by atoms with van der Waals surface area (Å²) in [5.74, 6) is 1.42. The maximum absolute atomic E-state index is 6.06. The lowest BCUT2D eigenvalue weighted by Crippen LogP contribution is -2.25. The van der Waals surface area contributed by atoms with Crippen LogP contribution in [0.15, 0.2) is 73.2 Å². The predicted octanol–water partition coefficient (Wildman–Crippen LogP) is 4.08. The van der Waals surface area contributed by atoms with Crippen LogP contribution in [0.4, 0.5) is 11.6 Å². The molecule has 32 heavy (non-hydrogen) atoms. The number of nitrogens with one attached hydrogen (secondary N) is 1. The van der Waals surface area contributed by atoms with Crippen molar-refractivity contribution in [3.8, 4) is 17.0 Å². The van der Waals surface area contributed by atoms with Crippen LogP contribution >= 0.6 is 0 Å². The van der Waals surface area contributed by atoms with Crippen LogP contribution in [0.3, 0.4) is 0 Å². The van der Waals surface area contributed by atoms with Gasteiger partial charge in [-0.1, -0.05) is 17.3 Å². The molecule has 2 aromatic carbocycles. The first-order valence-corrected chi connectivity index (χ1v) is 10.7. The number of aromatic nitrogens is 5. The number of hydrogen-bond acceptors (Lipinski definition) is 7. The first-order chi connectivity index (χ1) is 15.8. The number of nitrogens with zero attached hydrogens (tertiary/aromatic N) is 5. The number of hydrogen-bond donors (Lipinski definition) is 1. The Hall–Kier alpha value is -3.78. The summed E-state index contributed by atoms with van der Waals surface area (Å²) in [4.78, 5) is 9.06. The minimum absolute atomic E-state index is 0.227. The Kier molecular flexibility index (Phi) is 6.02. The van der Waals surface area contributed by atoms with E-state index < -0.39 is 0 Å². The van der Waals surface area contributed by atoms with Gasteiger partial charge in [-0.2, -0.15) is 0 Å². The maximum atomic E-state index is 6.06. The summed E-state index contributed by atoms with van der Waals surface area (Å²) in [5, 5.41) is 11.2. The zero-order valence-corrected chi connectivity index (χ0v) is 17.6. The van der Waals surface area contributed by atoms with E-state index in [0.717, 1.165) is 54.3 Å². The summed E-state index contributed by atoms with van der Waals surface area (Å²) >= 11 is 0. The quantitative estimate of drug-likeness (QED) is 0.474. The van der Waals surface area contributed by atoms with Gasteiger partial charge >= 0.3 is 0 Å². The molecule has 0 amide bonds. The van der Waals surface area contributed by atoms with E-state index in [1.807, 2.05) is 54.7 Å². The molecule has 0 bridgehead atoms. The van der Waals surface area contributed by atoms with Crippen molar-refractivity contribution in [1.82, 2.24) is 25.0 Å². The third kappa shape index (κ3) is 5.09. The van der Waals surface area contributed by atoms with Crippen LogP contribution in [-0.2, 0) is 11.3 Å². The number of benzene rings is 2. The lowest BCUT2D eigenvalue weighted by Gasteiger charge is -2.23. The van der Waals surface area contributed by atoms with Gasteiger partial charge in [0.15, 0.2) is 0 Å². The van der Waals surface area contributed by atoms with E-state index in [4.69, 9.17) is 9.47 Å². The van der Waals surface area contributed by atoms with Gasteiger partial charge in [-0.15, -0.1) is 5.10 Å². The molecule has 0 aliphatic carbocycles. The fourth-order valence-electron chi connectivity index (χ4n) is 3.65. The molecular formula is C24H24N6O2. The SMILES string of the molecule is c1cc(Cn2ccnn2)cc(Nc2nccc(-c3ccc(OC4CCOCC4)cc3)n2)c1. The number of anilines is 2. The molecule has 0 unspecified atom stereocenters. The smallest absolute Gasteiger partial charge is 0.227 e. The summed E-state index contributed by atoms with van der Waals surface area (Å²) < 4.78 is 13.2. The van der Waals surface area contributed by atoms with Crippen molar-refractivity contribution in [3.05, 3.63) is 78.8 Å². The van der Waals surface area contributed by atoms with Gasteiger partial charge in [0.25, 0.3) is 0 Å². The Balaban J connectivity index is 1.26. The Morgan fingerprint density at radius 2 is 1.91 bits per heavy atom. The van der Waals surface area contributed by atoms with Gasteiger partial charge in [0.2, 0.25) is 5.95 Å². The lowest BCUT2D eigenvalue weighted by atomic mass is 10.1. The van der Waals surface area contributed by atoms with Gasteiger partial charge in [-0.25, -0.2) is 14.6 Å². The molecule has 4 aromatic rings. The highest BCUT2D eigenvalue weighted by Gasteiger charge is 2.15. The second-order valence-electron chi connectivity index (χ2n) is 7.65. The largest absolute Gasteiger partial charge is 0.490 e. The second kappa shape index (κ2) is 9.57. The van der Waals surface area contributed by atoms with Crippen LogP contribution in [0.1, 0.15) is 18.4 Å². The molecule has 8 heteroatoms. The molecule has 1 fully saturated rings. The molecule has 8 nitrogen and oxygen atoms in total. The first kappa shape index (κ1) is 20.1. The molecule has 1 saturated heterocycles. The van der Waals surface area contributed by atoms with E-state index in [-0.39, 0.29) is 6.10 Å². The van der Waals surface area contributed by atoms with Crippen LogP contribution < -0.4 is 10.1 Å². The standard InChI is InChI=1S/C24H24N6O2/c1-2-18(17-30-13-12-26-29-30)16-20(3-1)27-24-25-11-8-23(28-24)19-4-6-21(7-5-19)32-22-9-14-31-15-10-22/h1-8,11-13,16,22H,9-10,14-15,17H2,(H,25,27,28). The average molecular weight is 428 g/mol. The van der Waals surface area contributed by atoms with Gasteiger partial charge in [-0.3, -0.25) is 0 Å². The third-order valence-corrected chi connectivity index (χ3v) is 5.28.